The lowest BCUT2D eigenvalue weighted by Gasteiger charge is -2.16. The van der Waals surface area contributed by atoms with Crippen LogP contribution in [-0.2, 0) is 14.4 Å². The number of anilines is 1. The normalized spacial score (nSPS) is 12.2. The number of aromatic nitrogens is 1. The summed E-state index contributed by atoms with van der Waals surface area (Å²) >= 11 is 0.984. The molecule has 91 valence electrons. The summed E-state index contributed by atoms with van der Waals surface area (Å²) < 4.78 is 3.83. The number of carboxylic acid groups (broad SMARTS) is 1. The highest BCUT2D eigenvalue weighted by Crippen LogP contribution is 2.14. The molecular weight excluding hydrogens is 246 g/mol. The summed E-state index contributed by atoms with van der Waals surface area (Å²) in [6, 6.07) is 1.42. The van der Waals surface area contributed by atoms with E-state index in [4.69, 9.17) is 15.7 Å². The van der Waals surface area contributed by atoms with E-state index in [9.17, 15) is 9.59 Å². The van der Waals surface area contributed by atoms with Crippen LogP contribution in [0.4, 0.5) is 5.00 Å². The molecule has 1 radical (unpaired) electrons. The van der Waals surface area contributed by atoms with Crippen molar-refractivity contribution in [2.45, 2.75) is 19.4 Å². The second-order valence-electron chi connectivity index (χ2n) is 3.56. The van der Waals surface area contributed by atoms with Gasteiger partial charge in [-0.25, -0.2) is 4.79 Å². The second-order valence-corrected chi connectivity index (χ2v) is 4.40. The predicted molar refractivity (Wildman–Crippen MR) is 61.6 cm³/mol. The van der Waals surface area contributed by atoms with E-state index in [1.54, 1.807) is 0 Å². The second kappa shape index (κ2) is 4.91. The van der Waals surface area contributed by atoms with Crippen LogP contribution < -0.4 is 5.73 Å². The Morgan fingerprint density at radius 2 is 2.35 bits per heavy atom. The third-order valence-electron chi connectivity index (χ3n) is 1.75. The van der Waals surface area contributed by atoms with Crippen molar-refractivity contribution in [1.82, 2.24) is 4.37 Å². The van der Waals surface area contributed by atoms with E-state index in [2.05, 4.69) is 9.53 Å². The van der Waals surface area contributed by atoms with Gasteiger partial charge in [-0.15, -0.1) is 0 Å². The van der Waals surface area contributed by atoms with Crippen molar-refractivity contribution in [3.05, 3.63) is 11.8 Å². The van der Waals surface area contributed by atoms with E-state index < -0.39 is 11.6 Å². The number of aliphatic carboxylic acids is 1. The molecule has 1 heterocycles. The lowest BCUT2D eigenvalue weighted by atomic mass is 10.1. The number of hydrogen-bond donors (Lipinski definition) is 2. The monoisotopic (exact) mass is 256 g/mol. The van der Waals surface area contributed by atoms with Crippen molar-refractivity contribution < 1.29 is 19.5 Å². The highest BCUT2D eigenvalue weighted by Gasteiger charge is 2.30. The van der Waals surface area contributed by atoms with Gasteiger partial charge in [0.25, 0.3) is 6.29 Å². The van der Waals surface area contributed by atoms with Gasteiger partial charge in [0.05, 0.1) is 0 Å². The molecule has 0 aliphatic carbocycles. The predicted octanol–water partition coefficient (Wildman–Crippen LogP) is 0.419. The molecule has 0 atom stereocenters. The molecule has 0 aromatic carbocycles. The first-order valence-electron chi connectivity index (χ1n) is 4.47. The van der Waals surface area contributed by atoms with Crippen molar-refractivity contribution in [2.75, 3.05) is 5.73 Å². The molecule has 0 unspecified atom stereocenters. The number of hydrogen-bond acceptors (Lipinski definition) is 7. The summed E-state index contributed by atoms with van der Waals surface area (Å²) in [5.74, 6) is -1.20. The van der Waals surface area contributed by atoms with Crippen LogP contribution in [0, 0.1) is 0 Å². The van der Waals surface area contributed by atoms with Crippen LogP contribution in [0.5, 0.6) is 0 Å². The van der Waals surface area contributed by atoms with Crippen molar-refractivity contribution in [3.8, 4) is 0 Å². The molecule has 8 heteroatoms. The number of nitrogens with zero attached hydrogens (tertiary/aromatic N) is 2. The summed E-state index contributed by atoms with van der Waals surface area (Å²) in [6.45, 7) is 2.60. The maximum Gasteiger partial charge on any atom is 0.350 e. The topological polar surface area (TPSA) is 115 Å². The minimum Gasteiger partial charge on any atom is -0.478 e. The van der Waals surface area contributed by atoms with Gasteiger partial charge < -0.3 is 15.7 Å². The molecule has 7 nitrogen and oxygen atoms in total. The van der Waals surface area contributed by atoms with E-state index in [0.717, 1.165) is 11.5 Å². The maximum atomic E-state index is 10.7. The van der Waals surface area contributed by atoms with E-state index in [-0.39, 0.29) is 11.4 Å². The highest BCUT2D eigenvalue weighted by molar-refractivity contribution is 7.10. The molecule has 1 rings (SSSR count). The molecule has 0 saturated heterocycles. The Balaban J connectivity index is 2.89. The first kappa shape index (κ1) is 13.1. The van der Waals surface area contributed by atoms with Gasteiger partial charge in [-0.3, -0.25) is 4.79 Å². The Morgan fingerprint density at radius 1 is 1.71 bits per heavy atom. The van der Waals surface area contributed by atoms with Crippen molar-refractivity contribution in [2.24, 2.45) is 5.16 Å². The van der Waals surface area contributed by atoms with Gasteiger partial charge in [-0.2, -0.15) is 4.37 Å². The third-order valence-corrected chi connectivity index (χ3v) is 2.36. The van der Waals surface area contributed by atoms with Gasteiger partial charge in [0, 0.05) is 6.07 Å². The smallest absolute Gasteiger partial charge is 0.350 e. The number of oxime groups is 1. The Kier molecular flexibility index (Phi) is 3.79. The molecule has 0 bridgehead atoms. The number of rotatable bonds is 5. The average molecular weight is 256 g/mol. The van der Waals surface area contributed by atoms with Gasteiger partial charge >= 0.3 is 5.97 Å². The Hall–Kier alpha value is -1.96. The number of carbonyl (C=O) groups excluding carboxylic acids is 1. The molecule has 0 spiro atoms. The lowest BCUT2D eigenvalue weighted by Crippen LogP contribution is -2.33. The molecule has 0 aliphatic rings. The van der Waals surface area contributed by atoms with Crippen LogP contribution in [0.2, 0.25) is 0 Å². The average Bonchev–Trinajstić information content (AvgIpc) is 2.65. The summed E-state index contributed by atoms with van der Waals surface area (Å²) in [5, 5.41) is 12.6. The summed E-state index contributed by atoms with van der Waals surface area (Å²) in [4.78, 5) is 26.1. The molecule has 1 aromatic rings. The van der Waals surface area contributed by atoms with Gasteiger partial charge in [-0.05, 0) is 25.4 Å². The number of nitrogen functional groups attached to an aromatic ring is 1. The Morgan fingerprint density at radius 3 is 2.76 bits per heavy atom. The SMILES string of the molecule is CC(C)(ON=C([C]=O)c1cc(N)sn1)C(=O)O. The zero-order valence-corrected chi connectivity index (χ0v) is 9.95. The van der Waals surface area contributed by atoms with Gasteiger partial charge in [0.1, 0.15) is 10.7 Å². The fourth-order valence-electron chi connectivity index (χ4n) is 0.717. The minimum absolute atomic E-state index is 0.198. The quantitative estimate of drug-likeness (QED) is 0.582. The summed E-state index contributed by atoms with van der Waals surface area (Å²) in [5.41, 5.74) is 3.87. The largest absolute Gasteiger partial charge is 0.478 e. The van der Waals surface area contributed by atoms with Gasteiger partial charge in [0.15, 0.2) is 5.71 Å². The zero-order chi connectivity index (χ0) is 13.1. The first-order chi connectivity index (χ1) is 7.86. The Bertz CT molecular complexity index is 467. The number of nitrogens with two attached hydrogens (primary N) is 1. The molecule has 3 N–H and O–H groups in total. The molecule has 0 saturated carbocycles. The van der Waals surface area contributed by atoms with Crippen molar-refractivity contribution in [3.63, 3.8) is 0 Å². The molecule has 0 amide bonds. The molecule has 0 fully saturated rings. The van der Waals surface area contributed by atoms with Gasteiger partial charge in [0.2, 0.25) is 5.60 Å². The minimum atomic E-state index is -1.54. The van der Waals surface area contributed by atoms with E-state index in [0.29, 0.717) is 5.00 Å². The molecule has 17 heavy (non-hydrogen) atoms. The number of carboxylic acids is 1. The van der Waals surface area contributed by atoms with Crippen LogP contribution in [0.1, 0.15) is 19.5 Å². The first-order valence-corrected chi connectivity index (χ1v) is 5.24. The van der Waals surface area contributed by atoms with Crippen LogP contribution in [0.3, 0.4) is 0 Å². The summed E-state index contributed by atoms with van der Waals surface area (Å²) in [6.07, 6.45) is 1.51. The van der Waals surface area contributed by atoms with Gasteiger partial charge in [-0.1, -0.05) is 5.16 Å². The fourth-order valence-corrected chi connectivity index (χ4v) is 1.22. The third kappa shape index (κ3) is 3.25. The van der Waals surface area contributed by atoms with E-state index in [1.165, 1.54) is 26.2 Å². The van der Waals surface area contributed by atoms with Crippen molar-refractivity contribution in [1.29, 1.82) is 0 Å². The standard InChI is InChI=1S/C9H10N3O4S/c1-9(2,8(14)15)16-11-6(4-13)5-3-7(10)17-12-5/h3H,10H2,1-2H3,(H,14,15). The van der Waals surface area contributed by atoms with Crippen LogP contribution in [0.15, 0.2) is 11.2 Å². The van der Waals surface area contributed by atoms with Crippen LogP contribution in [0.25, 0.3) is 0 Å². The molecule has 0 aliphatic heterocycles. The molecule has 1 aromatic heterocycles. The van der Waals surface area contributed by atoms with Crippen LogP contribution >= 0.6 is 11.5 Å². The fraction of sp³-hybridized carbons (Fsp3) is 0.333. The van der Waals surface area contributed by atoms with Crippen molar-refractivity contribution >= 4 is 34.5 Å². The van der Waals surface area contributed by atoms with Crippen LogP contribution in [-0.4, -0.2) is 33.0 Å². The number of carbonyl (C=O) groups is 1. The summed E-state index contributed by atoms with van der Waals surface area (Å²) in [7, 11) is 0. The van der Waals surface area contributed by atoms with E-state index in [1.807, 2.05) is 0 Å². The molecular formula is C9H10N3O4S. The zero-order valence-electron chi connectivity index (χ0n) is 9.13. The Labute approximate surface area is 101 Å². The highest BCUT2D eigenvalue weighted by atomic mass is 32.1. The maximum absolute atomic E-state index is 10.7. The lowest BCUT2D eigenvalue weighted by molar-refractivity contribution is -0.161. The van der Waals surface area contributed by atoms with E-state index >= 15 is 0 Å².